The van der Waals surface area contributed by atoms with Crippen LogP contribution in [-0.4, -0.2) is 13.2 Å². The summed E-state index contributed by atoms with van der Waals surface area (Å²) in [6.07, 6.45) is 1.01. The van der Waals surface area contributed by atoms with E-state index in [0.29, 0.717) is 18.3 Å². The Balaban J connectivity index is 1.91. The average molecular weight is 287 g/mol. The Kier molecular flexibility index (Phi) is 5.61. The van der Waals surface area contributed by atoms with E-state index in [0.717, 1.165) is 18.7 Å². The van der Waals surface area contributed by atoms with Gasteiger partial charge in [0.25, 0.3) is 0 Å². The first-order valence-corrected chi connectivity index (χ1v) is 7.42. The number of anilines is 1. The van der Waals surface area contributed by atoms with E-state index in [1.54, 1.807) is 6.07 Å². The summed E-state index contributed by atoms with van der Waals surface area (Å²) in [7, 11) is 0. The molecule has 3 heteroatoms. The monoisotopic (exact) mass is 287 g/mol. The Bertz CT molecular complexity index is 556. The van der Waals surface area contributed by atoms with Crippen molar-refractivity contribution in [3.63, 3.8) is 0 Å². The Morgan fingerprint density at radius 1 is 1.14 bits per heavy atom. The second kappa shape index (κ2) is 7.67. The Hall–Kier alpha value is -2.03. The molecule has 0 saturated carbocycles. The molecule has 0 saturated heterocycles. The molecule has 1 unspecified atom stereocenters. The van der Waals surface area contributed by atoms with Gasteiger partial charge in [-0.2, -0.15) is 0 Å². The molecule has 0 spiro atoms. The van der Waals surface area contributed by atoms with Crippen molar-refractivity contribution in [3.05, 3.63) is 59.9 Å². The van der Waals surface area contributed by atoms with Crippen LogP contribution in [0.4, 0.5) is 10.1 Å². The molecular weight excluding hydrogens is 265 g/mol. The van der Waals surface area contributed by atoms with Crippen molar-refractivity contribution in [2.75, 3.05) is 18.5 Å². The fraction of sp³-hybridized carbons (Fsp3) is 0.333. The molecule has 0 aliphatic heterocycles. The van der Waals surface area contributed by atoms with Gasteiger partial charge in [0.15, 0.2) is 0 Å². The molecule has 0 fully saturated rings. The maximum atomic E-state index is 13.2. The van der Waals surface area contributed by atoms with Gasteiger partial charge in [0.2, 0.25) is 0 Å². The third-order valence-electron chi connectivity index (χ3n) is 3.50. The van der Waals surface area contributed by atoms with Crippen molar-refractivity contribution in [1.82, 2.24) is 0 Å². The quantitative estimate of drug-likeness (QED) is 0.787. The molecule has 112 valence electrons. The molecule has 0 amide bonds. The summed E-state index contributed by atoms with van der Waals surface area (Å²) in [6.45, 7) is 5.46. The third-order valence-corrected chi connectivity index (χ3v) is 3.50. The molecule has 0 aliphatic carbocycles. The van der Waals surface area contributed by atoms with Crippen LogP contribution in [0.15, 0.2) is 48.5 Å². The van der Waals surface area contributed by atoms with E-state index in [-0.39, 0.29) is 5.82 Å². The lowest BCUT2D eigenvalue weighted by molar-refractivity contribution is 0.339. The molecule has 0 aliphatic rings. The second-order valence-corrected chi connectivity index (χ2v) is 5.10. The van der Waals surface area contributed by atoms with Crippen molar-refractivity contribution < 1.29 is 9.13 Å². The molecule has 2 aromatic carbocycles. The lowest BCUT2D eigenvalue weighted by atomic mass is 9.98. The first-order chi connectivity index (χ1) is 10.2. The van der Waals surface area contributed by atoms with Gasteiger partial charge in [0.1, 0.15) is 11.6 Å². The highest BCUT2D eigenvalue weighted by atomic mass is 19.1. The fourth-order valence-corrected chi connectivity index (χ4v) is 2.29. The molecule has 2 rings (SSSR count). The van der Waals surface area contributed by atoms with Crippen LogP contribution in [0.5, 0.6) is 5.75 Å². The normalized spacial score (nSPS) is 12.0. The minimum atomic E-state index is -0.276. The zero-order chi connectivity index (χ0) is 15.1. The van der Waals surface area contributed by atoms with Gasteiger partial charge in [0.05, 0.1) is 12.3 Å². The van der Waals surface area contributed by atoms with E-state index in [4.69, 9.17) is 4.74 Å². The average Bonchev–Trinajstić information content (AvgIpc) is 2.50. The molecular formula is C18H22FNO. The summed E-state index contributed by atoms with van der Waals surface area (Å²) >= 11 is 0. The predicted octanol–water partition coefficient (Wildman–Crippen LogP) is 4.83. The van der Waals surface area contributed by atoms with Gasteiger partial charge in [-0.1, -0.05) is 37.3 Å². The zero-order valence-corrected chi connectivity index (χ0v) is 12.6. The van der Waals surface area contributed by atoms with Crippen LogP contribution >= 0.6 is 0 Å². The summed E-state index contributed by atoms with van der Waals surface area (Å²) in [5.41, 5.74) is 2.18. The van der Waals surface area contributed by atoms with Gasteiger partial charge in [-0.05, 0) is 37.0 Å². The van der Waals surface area contributed by atoms with Crippen LogP contribution in [-0.2, 0) is 0 Å². The minimum absolute atomic E-state index is 0.276. The standard InChI is InChI=1S/C18H22FNO/c1-3-21-18-13-16(19)9-10-17(18)20-12-11-14(2)15-7-5-4-6-8-15/h4-10,13-14,20H,3,11-12H2,1-2H3. The van der Waals surface area contributed by atoms with Crippen molar-refractivity contribution in [2.45, 2.75) is 26.2 Å². The van der Waals surface area contributed by atoms with Gasteiger partial charge < -0.3 is 10.1 Å². The highest BCUT2D eigenvalue weighted by molar-refractivity contribution is 5.56. The number of rotatable bonds is 7. The Morgan fingerprint density at radius 3 is 2.62 bits per heavy atom. The molecule has 0 bridgehead atoms. The van der Waals surface area contributed by atoms with Gasteiger partial charge in [-0.15, -0.1) is 0 Å². The second-order valence-electron chi connectivity index (χ2n) is 5.10. The molecule has 1 N–H and O–H groups in total. The molecule has 21 heavy (non-hydrogen) atoms. The van der Waals surface area contributed by atoms with Crippen LogP contribution in [0.25, 0.3) is 0 Å². The molecule has 0 aromatic heterocycles. The van der Waals surface area contributed by atoms with Crippen LogP contribution in [0.3, 0.4) is 0 Å². The van der Waals surface area contributed by atoms with Crippen LogP contribution < -0.4 is 10.1 Å². The summed E-state index contributed by atoms with van der Waals surface area (Å²) in [5, 5.41) is 3.33. The maximum absolute atomic E-state index is 13.2. The SMILES string of the molecule is CCOc1cc(F)ccc1NCCC(C)c1ccccc1. The minimum Gasteiger partial charge on any atom is -0.492 e. The van der Waals surface area contributed by atoms with E-state index < -0.39 is 0 Å². The van der Waals surface area contributed by atoms with E-state index >= 15 is 0 Å². The first-order valence-electron chi connectivity index (χ1n) is 7.42. The zero-order valence-electron chi connectivity index (χ0n) is 12.6. The van der Waals surface area contributed by atoms with Gasteiger partial charge in [0, 0.05) is 12.6 Å². The van der Waals surface area contributed by atoms with Crippen LogP contribution in [0.1, 0.15) is 31.7 Å². The van der Waals surface area contributed by atoms with Crippen molar-refractivity contribution in [1.29, 1.82) is 0 Å². The van der Waals surface area contributed by atoms with Crippen LogP contribution in [0, 0.1) is 5.82 Å². The highest BCUT2D eigenvalue weighted by Crippen LogP contribution is 2.26. The topological polar surface area (TPSA) is 21.3 Å². The number of nitrogens with one attached hydrogen (secondary N) is 1. The largest absolute Gasteiger partial charge is 0.492 e. The van der Waals surface area contributed by atoms with E-state index in [1.807, 2.05) is 13.0 Å². The molecule has 0 radical (unpaired) electrons. The van der Waals surface area contributed by atoms with E-state index in [1.165, 1.54) is 17.7 Å². The van der Waals surface area contributed by atoms with E-state index in [9.17, 15) is 4.39 Å². The molecule has 2 nitrogen and oxygen atoms in total. The highest BCUT2D eigenvalue weighted by Gasteiger charge is 2.07. The molecule has 2 aromatic rings. The van der Waals surface area contributed by atoms with E-state index in [2.05, 4.69) is 36.5 Å². The smallest absolute Gasteiger partial charge is 0.145 e. The summed E-state index contributed by atoms with van der Waals surface area (Å²) in [4.78, 5) is 0. The van der Waals surface area contributed by atoms with Crippen molar-refractivity contribution >= 4 is 5.69 Å². The maximum Gasteiger partial charge on any atom is 0.145 e. The van der Waals surface area contributed by atoms with Gasteiger partial charge in [-0.25, -0.2) is 4.39 Å². The first kappa shape index (κ1) is 15.4. The predicted molar refractivity (Wildman–Crippen MR) is 85.5 cm³/mol. The summed E-state index contributed by atoms with van der Waals surface area (Å²) in [6, 6.07) is 15.0. The third kappa shape index (κ3) is 4.48. The van der Waals surface area contributed by atoms with Gasteiger partial charge >= 0.3 is 0 Å². The fourth-order valence-electron chi connectivity index (χ4n) is 2.29. The Labute approximate surface area is 126 Å². The van der Waals surface area contributed by atoms with Crippen molar-refractivity contribution in [2.24, 2.45) is 0 Å². The number of hydrogen-bond acceptors (Lipinski definition) is 2. The number of hydrogen-bond donors (Lipinski definition) is 1. The Morgan fingerprint density at radius 2 is 1.90 bits per heavy atom. The van der Waals surface area contributed by atoms with Gasteiger partial charge in [-0.3, -0.25) is 0 Å². The van der Waals surface area contributed by atoms with Crippen LogP contribution in [0.2, 0.25) is 0 Å². The summed E-state index contributed by atoms with van der Waals surface area (Å²) < 4.78 is 18.7. The molecule has 0 heterocycles. The lowest BCUT2D eigenvalue weighted by Crippen LogP contribution is -2.07. The lowest BCUT2D eigenvalue weighted by Gasteiger charge is -2.15. The van der Waals surface area contributed by atoms with Crippen molar-refractivity contribution in [3.8, 4) is 5.75 Å². The summed E-state index contributed by atoms with van der Waals surface area (Å²) in [5.74, 6) is 0.779. The number of ether oxygens (including phenoxy) is 1. The molecule has 1 atom stereocenters. The number of benzene rings is 2. The number of halogens is 1.